The van der Waals surface area contributed by atoms with Gasteiger partial charge >= 0.3 is 0 Å². The molecule has 0 unspecified atom stereocenters. The average molecular weight is 286 g/mol. The van der Waals surface area contributed by atoms with Gasteiger partial charge in [-0.2, -0.15) is 0 Å². The molecule has 0 heterocycles. The standard InChI is InChI=1S/C22H22/c1-16(2)19-15-9-10-17(3)22(19)21-14-8-7-13-20(21)18-11-5-4-6-12-18/h4-16H,1-3H3. The van der Waals surface area contributed by atoms with Crippen LogP contribution in [-0.4, -0.2) is 0 Å². The molecule has 0 N–H and O–H groups in total. The van der Waals surface area contributed by atoms with Crippen molar-refractivity contribution in [3.05, 3.63) is 83.9 Å². The summed E-state index contributed by atoms with van der Waals surface area (Å²) in [7, 11) is 0. The largest absolute Gasteiger partial charge is 0.0622 e. The van der Waals surface area contributed by atoms with Crippen molar-refractivity contribution in [1.29, 1.82) is 0 Å². The number of benzene rings is 3. The molecular formula is C22H22. The van der Waals surface area contributed by atoms with Crippen molar-refractivity contribution in [2.24, 2.45) is 0 Å². The predicted octanol–water partition coefficient (Wildman–Crippen LogP) is 6.45. The molecule has 3 aromatic carbocycles. The SMILES string of the molecule is Cc1cccc(C(C)C)c1-c1ccccc1-c1ccccc1. The topological polar surface area (TPSA) is 0 Å². The van der Waals surface area contributed by atoms with Crippen molar-refractivity contribution in [3.8, 4) is 22.3 Å². The Balaban J connectivity index is 2.27. The van der Waals surface area contributed by atoms with Gasteiger partial charge in [-0.1, -0.05) is 86.6 Å². The van der Waals surface area contributed by atoms with Gasteiger partial charge in [0.15, 0.2) is 0 Å². The zero-order valence-electron chi connectivity index (χ0n) is 13.5. The number of hydrogen-bond donors (Lipinski definition) is 0. The molecule has 0 aliphatic carbocycles. The van der Waals surface area contributed by atoms with Gasteiger partial charge in [0.2, 0.25) is 0 Å². The van der Waals surface area contributed by atoms with E-state index in [9.17, 15) is 0 Å². The van der Waals surface area contributed by atoms with Gasteiger partial charge < -0.3 is 0 Å². The Morgan fingerprint density at radius 2 is 1.27 bits per heavy atom. The number of aryl methyl sites for hydroxylation is 1. The summed E-state index contributed by atoms with van der Waals surface area (Å²) in [5.74, 6) is 0.513. The molecule has 0 spiro atoms. The van der Waals surface area contributed by atoms with E-state index in [1.165, 1.54) is 33.4 Å². The maximum absolute atomic E-state index is 2.27. The number of rotatable bonds is 3. The maximum Gasteiger partial charge on any atom is -0.00999 e. The predicted molar refractivity (Wildman–Crippen MR) is 96.1 cm³/mol. The summed E-state index contributed by atoms with van der Waals surface area (Å²) in [6, 6.07) is 26.0. The zero-order valence-corrected chi connectivity index (χ0v) is 13.5. The molecule has 3 aromatic rings. The third-order valence-corrected chi connectivity index (χ3v) is 4.21. The molecule has 0 aliphatic rings. The van der Waals surface area contributed by atoms with Gasteiger partial charge in [0.05, 0.1) is 0 Å². The van der Waals surface area contributed by atoms with Crippen LogP contribution in [-0.2, 0) is 0 Å². The highest BCUT2D eigenvalue weighted by Crippen LogP contribution is 2.38. The zero-order chi connectivity index (χ0) is 15.5. The van der Waals surface area contributed by atoms with E-state index in [2.05, 4.69) is 93.6 Å². The van der Waals surface area contributed by atoms with Crippen molar-refractivity contribution in [2.45, 2.75) is 26.7 Å². The lowest BCUT2D eigenvalue weighted by atomic mass is 9.86. The first-order chi connectivity index (χ1) is 10.7. The van der Waals surface area contributed by atoms with E-state index in [0.29, 0.717) is 5.92 Å². The van der Waals surface area contributed by atoms with E-state index in [1.54, 1.807) is 0 Å². The molecule has 22 heavy (non-hydrogen) atoms. The molecular weight excluding hydrogens is 264 g/mol. The summed E-state index contributed by atoms with van der Waals surface area (Å²) >= 11 is 0. The van der Waals surface area contributed by atoms with E-state index in [0.717, 1.165) is 0 Å². The first kappa shape index (κ1) is 14.6. The quantitative estimate of drug-likeness (QED) is 0.519. The van der Waals surface area contributed by atoms with Gasteiger partial charge in [0.25, 0.3) is 0 Å². The highest BCUT2D eigenvalue weighted by atomic mass is 14.2. The molecule has 0 atom stereocenters. The highest BCUT2D eigenvalue weighted by molar-refractivity contribution is 5.86. The first-order valence-corrected chi connectivity index (χ1v) is 7.93. The Bertz CT molecular complexity index is 767. The van der Waals surface area contributed by atoms with E-state index < -0.39 is 0 Å². The Morgan fingerprint density at radius 1 is 0.636 bits per heavy atom. The van der Waals surface area contributed by atoms with Crippen LogP contribution in [0.5, 0.6) is 0 Å². The van der Waals surface area contributed by atoms with Crippen molar-refractivity contribution in [3.63, 3.8) is 0 Å². The van der Waals surface area contributed by atoms with Gasteiger partial charge in [-0.05, 0) is 46.2 Å². The summed E-state index contributed by atoms with van der Waals surface area (Å²) in [4.78, 5) is 0. The fourth-order valence-electron chi connectivity index (χ4n) is 3.11. The highest BCUT2D eigenvalue weighted by Gasteiger charge is 2.14. The molecule has 0 nitrogen and oxygen atoms in total. The van der Waals surface area contributed by atoms with Crippen LogP contribution in [0.15, 0.2) is 72.8 Å². The normalized spacial score (nSPS) is 10.9. The fraction of sp³-hybridized carbons (Fsp3) is 0.182. The Morgan fingerprint density at radius 3 is 1.95 bits per heavy atom. The van der Waals surface area contributed by atoms with Crippen molar-refractivity contribution < 1.29 is 0 Å². The average Bonchev–Trinajstić information content (AvgIpc) is 2.55. The van der Waals surface area contributed by atoms with Crippen molar-refractivity contribution in [1.82, 2.24) is 0 Å². The van der Waals surface area contributed by atoms with E-state index in [-0.39, 0.29) is 0 Å². The first-order valence-electron chi connectivity index (χ1n) is 7.93. The second-order valence-electron chi connectivity index (χ2n) is 6.11. The molecule has 0 heteroatoms. The molecule has 0 amide bonds. The van der Waals surface area contributed by atoms with Crippen LogP contribution in [0.4, 0.5) is 0 Å². The van der Waals surface area contributed by atoms with Crippen LogP contribution < -0.4 is 0 Å². The molecule has 0 saturated heterocycles. The summed E-state index contributed by atoms with van der Waals surface area (Å²) < 4.78 is 0. The van der Waals surface area contributed by atoms with Crippen LogP contribution >= 0.6 is 0 Å². The lowest BCUT2D eigenvalue weighted by Gasteiger charge is -2.19. The molecule has 0 aliphatic heterocycles. The molecule has 3 rings (SSSR count). The Hall–Kier alpha value is -2.34. The molecule has 0 fully saturated rings. The van der Waals surface area contributed by atoms with E-state index in [4.69, 9.17) is 0 Å². The van der Waals surface area contributed by atoms with Gasteiger partial charge in [-0.25, -0.2) is 0 Å². The second kappa shape index (κ2) is 6.19. The van der Waals surface area contributed by atoms with Crippen LogP contribution in [0.3, 0.4) is 0 Å². The van der Waals surface area contributed by atoms with Crippen LogP contribution in [0.25, 0.3) is 22.3 Å². The minimum Gasteiger partial charge on any atom is -0.0622 e. The van der Waals surface area contributed by atoms with Crippen molar-refractivity contribution >= 4 is 0 Å². The van der Waals surface area contributed by atoms with E-state index >= 15 is 0 Å². The Kier molecular flexibility index (Phi) is 4.11. The maximum atomic E-state index is 2.27. The fourth-order valence-corrected chi connectivity index (χ4v) is 3.11. The van der Waals surface area contributed by atoms with Crippen molar-refractivity contribution in [2.75, 3.05) is 0 Å². The van der Waals surface area contributed by atoms with Gasteiger partial charge in [-0.3, -0.25) is 0 Å². The summed E-state index contributed by atoms with van der Waals surface area (Å²) in [5, 5.41) is 0. The van der Waals surface area contributed by atoms with Crippen LogP contribution in [0, 0.1) is 6.92 Å². The van der Waals surface area contributed by atoms with Crippen LogP contribution in [0.1, 0.15) is 30.9 Å². The minimum atomic E-state index is 0.513. The third kappa shape index (κ3) is 2.69. The summed E-state index contributed by atoms with van der Waals surface area (Å²) in [6.07, 6.45) is 0. The molecule has 0 bridgehead atoms. The van der Waals surface area contributed by atoms with Gasteiger partial charge in [-0.15, -0.1) is 0 Å². The Labute approximate surface area is 133 Å². The number of hydrogen-bond acceptors (Lipinski definition) is 0. The second-order valence-corrected chi connectivity index (χ2v) is 6.11. The van der Waals surface area contributed by atoms with Gasteiger partial charge in [0, 0.05) is 0 Å². The monoisotopic (exact) mass is 286 g/mol. The summed E-state index contributed by atoms with van der Waals surface area (Å²) in [6.45, 7) is 6.75. The minimum absolute atomic E-state index is 0.513. The third-order valence-electron chi connectivity index (χ3n) is 4.21. The van der Waals surface area contributed by atoms with Crippen LogP contribution in [0.2, 0.25) is 0 Å². The smallest absolute Gasteiger partial charge is 0.00999 e. The lowest BCUT2D eigenvalue weighted by molar-refractivity contribution is 0.867. The molecule has 0 saturated carbocycles. The van der Waals surface area contributed by atoms with E-state index in [1.807, 2.05) is 0 Å². The molecule has 0 radical (unpaired) electrons. The summed E-state index contributed by atoms with van der Waals surface area (Å²) in [5.41, 5.74) is 8.06. The van der Waals surface area contributed by atoms with Gasteiger partial charge in [0.1, 0.15) is 0 Å². The lowest BCUT2D eigenvalue weighted by Crippen LogP contribution is -1.96. The molecule has 0 aromatic heterocycles. The molecule has 110 valence electrons.